The number of rotatable bonds is 4. The van der Waals surface area contributed by atoms with E-state index in [9.17, 15) is 18.0 Å². The van der Waals surface area contributed by atoms with Crippen molar-refractivity contribution in [1.82, 2.24) is 0 Å². The molecule has 0 saturated heterocycles. The lowest BCUT2D eigenvalue weighted by Gasteiger charge is -2.12. The van der Waals surface area contributed by atoms with E-state index in [1.807, 2.05) is 0 Å². The summed E-state index contributed by atoms with van der Waals surface area (Å²) in [6.45, 7) is 1.63. The highest BCUT2D eigenvalue weighted by atomic mass is 32.2. The van der Waals surface area contributed by atoms with Crippen LogP contribution in [-0.4, -0.2) is 11.2 Å². The molecule has 0 heterocycles. The van der Waals surface area contributed by atoms with E-state index in [-0.39, 0.29) is 11.5 Å². The molecule has 0 aliphatic carbocycles. The molecule has 2 nitrogen and oxygen atoms in total. The largest absolute Gasteiger partial charge is 0.323 e. The Labute approximate surface area is 124 Å². The van der Waals surface area contributed by atoms with Crippen LogP contribution in [0.2, 0.25) is 0 Å². The molecule has 6 heteroatoms. The van der Waals surface area contributed by atoms with Gasteiger partial charge < -0.3 is 5.32 Å². The molecule has 2 aromatic carbocycles. The first-order valence-electron chi connectivity index (χ1n) is 6.14. The van der Waals surface area contributed by atoms with Crippen LogP contribution in [-0.2, 0) is 4.79 Å². The number of halogens is 3. The third-order valence-corrected chi connectivity index (χ3v) is 3.79. The lowest BCUT2D eigenvalue weighted by Crippen LogP contribution is -2.23. The molecule has 21 heavy (non-hydrogen) atoms. The molecular weight excluding hydrogens is 299 g/mol. The fourth-order valence-corrected chi connectivity index (χ4v) is 2.47. The van der Waals surface area contributed by atoms with Crippen molar-refractivity contribution in [2.45, 2.75) is 17.1 Å². The Hall–Kier alpha value is -1.95. The zero-order chi connectivity index (χ0) is 15.4. The summed E-state index contributed by atoms with van der Waals surface area (Å²) in [5.41, 5.74) is -0.202. The molecule has 0 aliphatic heterocycles. The van der Waals surface area contributed by atoms with Crippen molar-refractivity contribution in [2.24, 2.45) is 0 Å². The third-order valence-electron chi connectivity index (χ3n) is 2.68. The predicted molar refractivity (Wildman–Crippen MR) is 76.7 cm³/mol. The molecule has 0 fully saturated rings. The van der Waals surface area contributed by atoms with Gasteiger partial charge in [0.05, 0.1) is 10.9 Å². The van der Waals surface area contributed by atoms with Gasteiger partial charge in [0.1, 0.15) is 17.5 Å². The van der Waals surface area contributed by atoms with E-state index in [1.54, 1.807) is 19.1 Å². The zero-order valence-corrected chi connectivity index (χ0v) is 11.9. The maximum Gasteiger partial charge on any atom is 0.237 e. The van der Waals surface area contributed by atoms with Crippen LogP contribution in [0, 0.1) is 17.5 Å². The fraction of sp³-hybridized carbons (Fsp3) is 0.133. The lowest BCUT2D eigenvalue weighted by atomic mass is 10.3. The van der Waals surface area contributed by atoms with Crippen LogP contribution < -0.4 is 5.32 Å². The average Bonchev–Trinajstić information content (AvgIpc) is 2.45. The first-order chi connectivity index (χ1) is 9.95. The molecule has 0 bridgehead atoms. The van der Waals surface area contributed by atoms with E-state index in [0.29, 0.717) is 4.90 Å². The van der Waals surface area contributed by atoms with Crippen LogP contribution in [0.25, 0.3) is 0 Å². The van der Waals surface area contributed by atoms with E-state index < -0.39 is 22.8 Å². The van der Waals surface area contributed by atoms with Gasteiger partial charge >= 0.3 is 0 Å². The molecule has 1 amide bonds. The summed E-state index contributed by atoms with van der Waals surface area (Å²) in [5, 5.41) is 1.79. The molecule has 1 atom stereocenters. The van der Waals surface area contributed by atoms with E-state index in [2.05, 4.69) is 5.32 Å². The van der Waals surface area contributed by atoms with Gasteiger partial charge in [0.25, 0.3) is 0 Å². The monoisotopic (exact) mass is 311 g/mol. The molecule has 0 saturated carbocycles. The number of nitrogens with one attached hydrogen (secondary N) is 1. The summed E-state index contributed by atoms with van der Waals surface area (Å²) in [4.78, 5) is 12.7. The number of thioether (sulfide) groups is 1. The van der Waals surface area contributed by atoms with Crippen LogP contribution in [0.5, 0.6) is 0 Å². The molecule has 0 spiro atoms. The summed E-state index contributed by atoms with van der Waals surface area (Å²) in [5.74, 6) is -2.17. The maximum absolute atomic E-state index is 13.4. The Bertz CT molecular complexity index is 646. The minimum atomic E-state index is -0.705. The highest BCUT2D eigenvalue weighted by molar-refractivity contribution is 8.00. The van der Waals surface area contributed by atoms with Gasteiger partial charge in [-0.1, -0.05) is 0 Å². The zero-order valence-electron chi connectivity index (χ0n) is 11.1. The predicted octanol–water partition coefficient (Wildman–Crippen LogP) is 4.22. The summed E-state index contributed by atoms with van der Waals surface area (Å²) in [7, 11) is 0. The number of benzene rings is 2. The molecule has 2 aromatic rings. The standard InChI is InChI=1S/C15H12F3NOS/c1-9(21-12-5-2-10(16)3-6-12)15(20)19-14-8-11(17)4-7-13(14)18/h2-9H,1H3,(H,19,20)/t9-/m0/s1. The van der Waals surface area contributed by atoms with Crippen molar-refractivity contribution in [3.8, 4) is 0 Å². The quantitative estimate of drug-likeness (QED) is 0.856. The van der Waals surface area contributed by atoms with E-state index in [0.717, 1.165) is 18.2 Å². The molecule has 1 N–H and O–H groups in total. The first-order valence-corrected chi connectivity index (χ1v) is 7.02. The second kappa shape index (κ2) is 6.67. The van der Waals surface area contributed by atoms with Crippen molar-refractivity contribution < 1.29 is 18.0 Å². The summed E-state index contributed by atoms with van der Waals surface area (Å²) in [6, 6.07) is 8.52. The van der Waals surface area contributed by atoms with Gasteiger partial charge in [-0.3, -0.25) is 4.79 Å². The molecular formula is C15H12F3NOS. The minimum absolute atomic E-state index is 0.202. The topological polar surface area (TPSA) is 29.1 Å². The van der Waals surface area contributed by atoms with Gasteiger partial charge in [0, 0.05) is 11.0 Å². The Kier molecular flexibility index (Phi) is 4.90. The van der Waals surface area contributed by atoms with Crippen molar-refractivity contribution in [2.75, 3.05) is 5.32 Å². The summed E-state index contributed by atoms with van der Waals surface area (Å²) in [6.07, 6.45) is 0. The Balaban J connectivity index is 2.02. The number of hydrogen-bond acceptors (Lipinski definition) is 2. The van der Waals surface area contributed by atoms with Gasteiger partial charge in [-0.05, 0) is 43.3 Å². The Morgan fingerprint density at radius 1 is 1.05 bits per heavy atom. The van der Waals surface area contributed by atoms with Crippen LogP contribution in [0.3, 0.4) is 0 Å². The molecule has 0 aromatic heterocycles. The molecule has 0 unspecified atom stereocenters. The molecule has 2 rings (SSSR count). The Morgan fingerprint density at radius 3 is 2.33 bits per heavy atom. The number of carbonyl (C=O) groups excluding carboxylic acids is 1. The van der Waals surface area contributed by atoms with Gasteiger partial charge in [0.2, 0.25) is 5.91 Å². The van der Waals surface area contributed by atoms with Gasteiger partial charge in [-0.2, -0.15) is 0 Å². The second-order valence-corrected chi connectivity index (χ2v) is 5.74. The Morgan fingerprint density at radius 2 is 1.67 bits per heavy atom. The lowest BCUT2D eigenvalue weighted by molar-refractivity contribution is -0.115. The van der Waals surface area contributed by atoms with Crippen molar-refractivity contribution >= 4 is 23.4 Å². The van der Waals surface area contributed by atoms with Gasteiger partial charge in [-0.25, -0.2) is 13.2 Å². The summed E-state index contributed by atoms with van der Waals surface area (Å²) < 4.78 is 39.2. The number of hydrogen-bond donors (Lipinski definition) is 1. The molecule has 0 aliphatic rings. The maximum atomic E-state index is 13.4. The van der Waals surface area contributed by atoms with Crippen LogP contribution in [0.15, 0.2) is 47.4 Å². The van der Waals surface area contributed by atoms with Crippen LogP contribution in [0.4, 0.5) is 18.9 Å². The van der Waals surface area contributed by atoms with Crippen molar-refractivity contribution in [3.63, 3.8) is 0 Å². The normalized spacial score (nSPS) is 12.0. The molecule has 0 radical (unpaired) electrons. The second-order valence-electron chi connectivity index (χ2n) is 4.33. The number of anilines is 1. The number of amides is 1. The SMILES string of the molecule is C[C@H](Sc1ccc(F)cc1)C(=O)Nc1cc(F)ccc1F. The van der Waals surface area contributed by atoms with Crippen LogP contribution in [0.1, 0.15) is 6.92 Å². The smallest absolute Gasteiger partial charge is 0.237 e. The van der Waals surface area contributed by atoms with E-state index in [4.69, 9.17) is 0 Å². The minimum Gasteiger partial charge on any atom is -0.323 e. The highest BCUT2D eigenvalue weighted by Gasteiger charge is 2.16. The van der Waals surface area contributed by atoms with E-state index in [1.165, 1.54) is 23.9 Å². The number of carbonyl (C=O) groups is 1. The van der Waals surface area contributed by atoms with Gasteiger partial charge in [0.15, 0.2) is 0 Å². The molecule has 110 valence electrons. The fourth-order valence-electron chi connectivity index (χ4n) is 1.60. The first kappa shape index (κ1) is 15.4. The van der Waals surface area contributed by atoms with Gasteiger partial charge in [-0.15, -0.1) is 11.8 Å². The van der Waals surface area contributed by atoms with Crippen molar-refractivity contribution in [1.29, 1.82) is 0 Å². The summed E-state index contributed by atoms with van der Waals surface area (Å²) >= 11 is 1.19. The highest BCUT2D eigenvalue weighted by Crippen LogP contribution is 2.25. The van der Waals surface area contributed by atoms with Crippen molar-refractivity contribution in [3.05, 3.63) is 59.9 Å². The van der Waals surface area contributed by atoms with Crippen LogP contribution >= 0.6 is 11.8 Å². The van der Waals surface area contributed by atoms with E-state index >= 15 is 0 Å². The average molecular weight is 311 g/mol. The third kappa shape index (κ3) is 4.26.